The number of rotatable bonds is 4. The van der Waals surface area contributed by atoms with Gasteiger partial charge in [-0.25, -0.2) is 4.79 Å². The molecule has 0 bridgehead atoms. The summed E-state index contributed by atoms with van der Waals surface area (Å²) in [6, 6.07) is 5.34. The Balaban J connectivity index is 2.23. The smallest absolute Gasteiger partial charge is 0.407 e. The molecule has 1 saturated heterocycles. The quantitative estimate of drug-likeness (QED) is 0.388. The molecule has 2 rings (SSSR count). The minimum atomic E-state index is -4.08. The molecule has 1 heterocycles. The van der Waals surface area contributed by atoms with Crippen LogP contribution in [-0.2, 0) is 14.3 Å². The number of amides is 1. The molecule has 2 atom stereocenters. The summed E-state index contributed by atoms with van der Waals surface area (Å²) in [4.78, 5) is 14.7. The largest absolute Gasteiger partial charge is 0.465 e. The molecule has 9 nitrogen and oxygen atoms in total. The number of piperidine rings is 1. The number of likely N-dealkylation sites (tertiary alicyclic amines) is 1. The Hall–Kier alpha value is -2.29. The molecule has 124 valence electrons. The highest BCUT2D eigenvalue weighted by Crippen LogP contribution is 2.23. The predicted molar refractivity (Wildman–Crippen MR) is 80.4 cm³/mol. The third-order valence-corrected chi connectivity index (χ3v) is 4.90. The van der Waals surface area contributed by atoms with Gasteiger partial charge in [-0.05, 0) is 31.0 Å². The van der Waals surface area contributed by atoms with Gasteiger partial charge in [0.25, 0.3) is 10.1 Å². The zero-order chi connectivity index (χ0) is 17.0. The van der Waals surface area contributed by atoms with E-state index in [4.69, 9.17) is 14.8 Å². The second-order valence-electron chi connectivity index (χ2n) is 5.19. The molecule has 0 aromatic heterocycles. The number of hydrogen-bond donors (Lipinski definition) is 1. The molecule has 1 N–H and O–H groups in total. The molecule has 1 aliphatic heterocycles. The van der Waals surface area contributed by atoms with Gasteiger partial charge in [0.15, 0.2) is 0 Å². The fraction of sp³-hybridized carbons (Fsp3) is 0.462. The van der Waals surface area contributed by atoms with Gasteiger partial charge in [0, 0.05) is 11.5 Å². The van der Waals surface area contributed by atoms with Crippen molar-refractivity contribution in [3.05, 3.63) is 40.3 Å². The van der Waals surface area contributed by atoms with Crippen LogP contribution in [0.2, 0.25) is 0 Å². The van der Waals surface area contributed by atoms with Gasteiger partial charge in [-0.3, -0.25) is 4.18 Å². The molecule has 1 aromatic rings. The van der Waals surface area contributed by atoms with Crippen molar-refractivity contribution < 1.29 is 22.5 Å². The molecule has 0 radical (unpaired) electrons. The van der Waals surface area contributed by atoms with E-state index in [2.05, 4.69) is 10.0 Å². The molecule has 1 aromatic carbocycles. The lowest BCUT2D eigenvalue weighted by molar-refractivity contribution is 0.0699. The van der Waals surface area contributed by atoms with Crippen LogP contribution in [0.5, 0.6) is 0 Å². The summed E-state index contributed by atoms with van der Waals surface area (Å²) in [5, 5.41) is 12.6. The summed E-state index contributed by atoms with van der Waals surface area (Å²) >= 11 is 0. The van der Waals surface area contributed by atoms with E-state index in [0.717, 1.165) is 10.5 Å². The fourth-order valence-corrected chi connectivity index (χ4v) is 3.39. The van der Waals surface area contributed by atoms with E-state index in [0.29, 0.717) is 0 Å². The van der Waals surface area contributed by atoms with E-state index in [1.54, 1.807) is 12.1 Å². The minimum Gasteiger partial charge on any atom is -0.465 e. The maximum atomic E-state index is 12.3. The Labute approximate surface area is 133 Å². The minimum absolute atomic E-state index is 0.0322. The summed E-state index contributed by atoms with van der Waals surface area (Å²) in [7, 11) is -4.08. The number of aryl methyl sites for hydroxylation is 1. The maximum Gasteiger partial charge on any atom is 0.407 e. The highest BCUT2D eigenvalue weighted by Gasteiger charge is 2.35. The van der Waals surface area contributed by atoms with Gasteiger partial charge in [0.05, 0.1) is 17.5 Å². The van der Waals surface area contributed by atoms with Crippen LogP contribution in [0.3, 0.4) is 0 Å². The van der Waals surface area contributed by atoms with Crippen molar-refractivity contribution in [2.75, 3.05) is 13.1 Å². The third-order valence-electron chi connectivity index (χ3n) is 3.55. The molecule has 0 aliphatic carbocycles. The second kappa shape index (κ2) is 6.86. The highest BCUT2D eigenvalue weighted by molar-refractivity contribution is 7.86. The highest BCUT2D eigenvalue weighted by atomic mass is 32.2. The lowest BCUT2D eigenvalue weighted by Crippen LogP contribution is -2.49. The molecule has 23 heavy (non-hydrogen) atoms. The van der Waals surface area contributed by atoms with Gasteiger partial charge in [0.2, 0.25) is 0 Å². The van der Waals surface area contributed by atoms with Crippen molar-refractivity contribution in [2.24, 2.45) is 5.11 Å². The molecule has 0 saturated carbocycles. The monoisotopic (exact) mass is 340 g/mol. The molecule has 1 amide bonds. The van der Waals surface area contributed by atoms with E-state index >= 15 is 0 Å². The van der Waals surface area contributed by atoms with Crippen molar-refractivity contribution in [1.29, 1.82) is 0 Å². The first kappa shape index (κ1) is 17.1. The van der Waals surface area contributed by atoms with Crippen LogP contribution in [0.1, 0.15) is 12.0 Å². The van der Waals surface area contributed by atoms with Gasteiger partial charge in [-0.15, -0.1) is 0 Å². The SMILES string of the molecule is Cc1ccc(S(=O)(=O)OC2CN(C(=O)O)CCC2N=[N+]=[N-])cc1. The molecule has 0 spiro atoms. The van der Waals surface area contributed by atoms with E-state index in [9.17, 15) is 13.2 Å². The van der Waals surface area contributed by atoms with E-state index < -0.39 is 28.4 Å². The average molecular weight is 340 g/mol. The zero-order valence-corrected chi connectivity index (χ0v) is 13.2. The van der Waals surface area contributed by atoms with Gasteiger partial charge in [0.1, 0.15) is 6.10 Å². The second-order valence-corrected chi connectivity index (χ2v) is 6.76. The van der Waals surface area contributed by atoms with Gasteiger partial charge < -0.3 is 10.0 Å². The van der Waals surface area contributed by atoms with Crippen molar-refractivity contribution in [3.63, 3.8) is 0 Å². The van der Waals surface area contributed by atoms with Gasteiger partial charge in [-0.1, -0.05) is 22.8 Å². The lowest BCUT2D eigenvalue weighted by atomic mass is 10.0. The summed E-state index contributed by atoms with van der Waals surface area (Å²) in [6.45, 7) is 1.80. The fourth-order valence-electron chi connectivity index (χ4n) is 2.29. The average Bonchev–Trinajstić information content (AvgIpc) is 2.49. The van der Waals surface area contributed by atoms with Crippen LogP contribution in [-0.4, -0.2) is 49.8 Å². The standard InChI is InChI=1S/C13H16N4O5S/c1-9-2-4-10(5-3-9)23(20,21)22-12-8-17(13(18)19)7-6-11(12)15-16-14/h2-5,11-12H,6-8H2,1H3,(H,18,19). The van der Waals surface area contributed by atoms with Crippen molar-refractivity contribution in [1.82, 2.24) is 4.90 Å². The molecular formula is C13H16N4O5S. The van der Waals surface area contributed by atoms with E-state index in [-0.39, 0.29) is 24.4 Å². The zero-order valence-electron chi connectivity index (χ0n) is 12.4. The first-order valence-electron chi connectivity index (χ1n) is 6.85. The van der Waals surface area contributed by atoms with Crippen LogP contribution in [0.4, 0.5) is 4.79 Å². The predicted octanol–water partition coefficient (Wildman–Crippen LogP) is 2.13. The molecule has 1 fully saturated rings. The molecule has 1 aliphatic rings. The Morgan fingerprint density at radius 2 is 2.09 bits per heavy atom. The van der Waals surface area contributed by atoms with Crippen LogP contribution in [0.15, 0.2) is 34.3 Å². The maximum absolute atomic E-state index is 12.3. The van der Waals surface area contributed by atoms with Crippen molar-refractivity contribution in [3.8, 4) is 0 Å². The van der Waals surface area contributed by atoms with Crippen LogP contribution in [0, 0.1) is 6.92 Å². The van der Waals surface area contributed by atoms with Crippen LogP contribution >= 0.6 is 0 Å². The summed E-state index contributed by atoms with van der Waals surface area (Å²) in [5.41, 5.74) is 9.47. The van der Waals surface area contributed by atoms with Crippen LogP contribution in [0.25, 0.3) is 10.4 Å². The van der Waals surface area contributed by atoms with E-state index in [1.165, 1.54) is 12.1 Å². The number of hydrogen-bond acceptors (Lipinski definition) is 5. The Morgan fingerprint density at radius 1 is 1.43 bits per heavy atom. The summed E-state index contributed by atoms with van der Waals surface area (Å²) in [5.74, 6) is 0. The Bertz CT molecular complexity index is 727. The topological polar surface area (TPSA) is 133 Å². The molecular weight excluding hydrogens is 324 g/mol. The normalized spacial score (nSPS) is 21.5. The first-order valence-corrected chi connectivity index (χ1v) is 8.26. The van der Waals surface area contributed by atoms with Crippen molar-refractivity contribution >= 4 is 16.2 Å². The number of nitrogens with zero attached hydrogens (tertiary/aromatic N) is 4. The number of carboxylic acid groups (broad SMARTS) is 1. The van der Waals surface area contributed by atoms with E-state index in [1.807, 2.05) is 6.92 Å². The first-order chi connectivity index (χ1) is 10.8. The number of benzene rings is 1. The summed E-state index contributed by atoms with van der Waals surface area (Å²) < 4.78 is 29.8. The molecule has 10 heteroatoms. The summed E-state index contributed by atoms with van der Waals surface area (Å²) in [6.07, 6.45) is -2.03. The lowest BCUT2D eigenvalue weighted by Gasteiger charge is -2.34. The number of azide groups is 1. The van der Waals surface area contributed by atoms with Gasteiger partial charge in [-0.2, -0.15) is 8.42 Å². The molecule has 2 unspecified atom stereocenters. The van der Waals surface area contributed by atoms with Crippen LogP contribution < -0.4 is 0 Å². The third kappa shape index (κ3) is 4.13. The Morgan fingerprint density at radius 3 is 2.65 bits per heavy atom. The van der Waals surface area contributed by atoms with Crippen molar-refractivity contribution in [2.45, 2.75) is 30.4 Å². The Kier molecular flexibility index (Phi) is 5.09. The van der Waals surface area contributed by atoms with Gasteiger partial charge >= 0.3 is 6.09 Å². The number of carbonyl (C=O) groups is 1.